The molecule has 0 amide bonds. The van der Waals surface area contributed by atoms with Crippen LogP contribution in [0.2, 0.25) is 0 Å². The molecule has 0 radical (unpaired) electrons. The molecule has 0 bridgehead atoms. The molecule has 0 aliphatic rings. The highest BCUT2D eigenvalue weighted by Crippen LogP contribution is 2.14. The van der Waals surface area contributed by atoms with Crippen LogP contribution < -0.4 is 10.6 Å². The van der Waals surface area contributed by atoms with E-state index in [1.165, 1.54) is 18.2 Å². The topological polar surface area (TPSA) is 86.0 Å². The quantitative estimate of drug-likeness (QED) is 0.317. The number of thiocarbonyl (C=S) groups is 1. The fourth-order valence-corrected chi connectivity index (χ4v) is 3.64. The van der Waals surface area contributed by atoms with E-state index in [1.807, 2.05) is 47.4 Å². The maximum Gasteiger partial charge on any atom is 0.338 e. The molecule has 33 heavy (non-hydrogen) atoms. The number of nitrogens with one attached hydrogen (secondary N) is 2. The van der Waals surface area contributed by atoms with Crippen molar-refractivity contribution in [2.45, 2.75) is 20.0 Å². The standard InChI is InChI=1S/C24H24N6O2S/c1-17-7-3-4-8-18(17)14-29-12-11-22(28-29)27-24(33)26-20-13-25-30(16-20)15-19-9-5-6-10-21(19)23(31)32-2/h3-13,16H,14-15H2,1-2H3,(H2,26,27,28,33). The molecular weight excluding hydrogens is 436 g/mol. The summed E-state index contributed by atoms with van der Waals surface area (Å²) < 4.78 is 8.45. The second kappa shape index (κ2) is 10.1. The summed E-state index contributed by atoms with van der Waals surface area (Å²) in [6, 6.07) is 17.4. The van der Waals surface area contributed by atoms with Gasteiger partial charge in [0.05, 0.1) is 37.6 Å². The summed E-state index contributed by atoms with van der Waals surface area (Å²) in [5, 5.41) is 15.5. The molecule has 8 nitrogen and oxygen atoms in total. The van der Waals surface area contributed by atoms with Gasteiger partial charge in [0.15, 0.2) is 10.9 Å². The third-order valence-electron chi connectivity index (χ3n) is 5.12. The van der Waals surface area contributed by atoms with Gasteiger partial charge in [-0.3, -0.25) is 9.36 Å². The molecular formula is C24H24N6O2S. The summed E-state index contributed by atoms with van der Waals surface area (Å²) in [6.45, 7) is 3.20. The van der Waals surface area contributed by atoms with Crippen molar-refractivity contribution < 1.29 is 9.53 Å². The third-order valence-corrected chi connectivity index (χ3v) is 5.33. The number of methoxy groups -OCH3 is 1. The van der Waals surface area contributed by atoms with Gasteiger partial charge in [-0.1, -0.05) is 42.5 Å². The van der Waals surface area contributed by atoms with Crippen LogP contribution in [-0.4, -0.2) is 37.8 Å². The maximum atomic E-state index is 12.0. The number of anilines is 2. The first-order chi connectivity index (χ1) is 16.0. The van der Waals surface area contributed by atoms with Gasteiger partial charge in [0, 0.05) is 18.5 Å². The molecule has 9 heteroatoms. The van der Waals surface area contributed by atoms with E-state index in [0.29, 0.717) is 29.6 Å². The molecule has 0 spiro atoms. The number of carbonyl (C=O) groups is 1. The first kappa shape index (κ1) is 22.2. The number of carbonyl (C=O) groups excluding carboxylic acids is 1. The summed E-state index contributed by atoms with van der Waals surface area (Å²) in [5.41, 5.74) is 4.50. The van der Waals surface area contributed by atoms with Crippen molar-refractivity contribution in [3.63, 3.8) is 0 Å². The molecule has 2 heterocycles. The average Bonchev–Trinajstić information content (AvgIpc) is 3.44. The molecule has 4 aromatic rings. The van der Waals surface area contributed by atoms with E-state index in [0.717, 1.165) is 11.3 Å². The van der Waals surface area contributed by atoms with Gasteiger partial charge in [0.2, 0.25) is 0 Å². The zero-order valence-electron chi connectivity index (χ0n) is 18.4. The van der Waals surface area contributed by atoms with Crippen LogP contribution in [0.1, 0.15) is 27.0 Å². The summed E-state index contributed by atoms with van der Waals surface area (Å²) in [7, 11) is 1.37. The number of esters is 1. The molecule has 2 aromatic heterocycles. The monoisotopic (exact) mass is 460 g/mol. The van der Waals surface area contributed by atoms with Gasteiger partial charge < -0.3 is 15.4 Å². The van der Waals surface area contributed by atoms with Gasteiger partial charge in [0.25, 0.3) is 0 Å². The van der Waals surface area contributed by atoms with Crippen LogP contribution in [0.25, 0.3) is 0 Å². The molecule has 0 unspecified atom stereocenters. The number of benzene rings is 2. The zero-order chi connectivity index (χ0) is 23.2. The van der Waals surface area contributed by atoms with Crippen LogP contribution in [0.15, 0.2) is 73.2 Å². The fraction of sp³-hybridized carbons (Fsp3) is 0.167. The Kier molecular flexibility index (Phi) is 6.80. The molecule has 0 saturated heterocycles. The number of hydrogen-bond acceptors (Lipinski definition) is 5. The molecule has 2 aromatic carbocycles. The van der Waals surface area contributed by atoms with E-state index in [-0.39, 0.29) is 5.97 Å². The normalized spacial score (nSPS) is 10.6. The van der Waals surface area contributed by atoms with Crippen LogP contribution in [0.5, 0.6) is 0 Å². The first-order valence-corrected chi connectivity index (χ1v) is 10.8. The predicted molar refractivity (Wildman–Crippen MR) is 131 cm³/mol. The smallest absolute Gasteiger partial charge is 0.338 e. The van der Waals surface area contributed by atoms with Gasteiger partial charge in [-0.2, -0.15) is 10.2 Å². The van der Waals surface area contributed by atoms with Crippen LogP contribution >= 0.6 is 12.2 Å². The summed E-state index contributed by atoms with van der Waals surface area (Å²) >= 11 is 5.42. The van der Waals surface area contributed by atoms with E-state index in [1.54, 1.807) is 23.0 Å². The molecule has 0 saturated carbocycles. The highest BCUT2D eigenvalue weighted by Gasteiger charge is 2.12. The number of ether oxygens (including phenoxy) is 1. The molecule has 168 valence electrons. The molecule has 0 aliphatic heterocycles. The van der Waals surface area contributed by atoms with E-state index >= 15 is 0 Å². The number of aromatic nitrogens is 4. The van der Waals surface area contributed by atoms with Crippen molar-refractivity contribution in [1.29, 1.82) is 0 Å². The minimum absolute atomic E-state index is 0.372. The van der Waals surface area contributed by atoms with Crippen molar-refractivity contribution in [3.8, 4) is 0 Å². The molecule has 4 rings (SSSR count). The highest BCUT2D eigenvalue weighted by molar-refractivity contribution is 7.80. The van der Waals surface area contributed by atoms with E-state index in [2.05, 4.69) is 39.9 Å². The lowest BCUT2D eigenvalue weighted by molar-refractivity contribution is 0.0599. The molecule has 2 N–H and O–H groups in total. The van der Waals surface area contributed by atoms with Crippen molar-refractivity contribution in [2.75, 3.05) is 17.7 Å². The Morgan fingerprint density at radius 3 is 2.52 bits per heavy atom. The maximum absolute atomic E-state index is 12.0. The summed E-state index contributed by atoms with van der Waals surface area (Å²) in [6.07, 6.45) is 5.40. The van der Waals surface area contributed by atoms with Crippen molar-refractivity contribution >= 4 is 34.8 Å². The molecule has 0 aliphatic carbocycles. The van der Waals surface area contributed by atoms with Gasteiger partial charge in [0.1, 0.15) is 0 Å². The van der Waals surface area contributed by atoms with Gasteiger partial charge in [-0.25, -0.2) is 4.79 Å². The van der Waals surface area contributed by atoms with Crippen LogP contribution in [0.4, 0.5) is 11.5 Å². The van der Waals surface area contributed by atoms with Crippen LogP contribution in [0.3, 0.4) is 0 Å². The molecule has 0 atom stereocenters. The lowest BCUT2D eigenvalue weighted by Crippen LogP contribution is -2.19. The Morgan fingerprint density at radius 2 is 1.73 bits per heavy atom. The second-order valence-electron chi connectivity index (χ2n) is 7.48. The van der Waals surface area contributed by atoms with Gasteiger partial charge in [-0.05, 0) is 41.9 Å². The van der Waals surface area contributed by atoms with Crippen molar-refractivity contribution in [2.24, 2.45) is 0 Å². The first-order valence-electron chi connectivity index (χ1n) is 10.4. The zero-order valence-corrected chi connectivity index (χ0v) is 19.2. The van der Waals surface area contributed by atoms with Crippen LogP contribution in [0, 0.1) is 6.92 Å². The minimum atomic E-state index is -0.372. The second-order valence-corrected chi connectivity index (χ2v) is 7.89. The van der Waals surface area contributed by atoms with Crippen molar-refractivity contribution in [1.82, 2.24) is 19.6 Å². The van der Waals surface area contributed by atoms with E-state index in [9.17, 15) is 4.79 Å². The van der Waals surface area contributed by atoms with Gasteiger partial charge >= 0.3 is 5.97 Å². The van der Waals surface area contributed by atoms with Crippen molar-refractivity contribution in [3.05, 3.63) is 95.4 Å². The number of nitrogens with zero attached hydrogens (tertiary/aromatic N) is 4. The Morgan fingerprint density at radius 1 is 1.00 bits per heavy atom. The van der Waals surface area contributed by atoms with E-state index in [4.69, 9.17) is 17.0 Å². The lowest BCUT2D eigenvalue weighted by Gasteiger charge is -2.08. The Labute approximate surface area is 197 Å². The summed E-state index contributed by atoms with van der Waals surface area (Å²) in [4.78, 5) is 12.0. The SMILES string of the molecule is COC(=O)c1ccccc1Cn1cc(NC(=S)Nc2ccn(Cc3ccccc3C)n2)cn1. The fourth-order valence-electron chi connectivity index (χ4n) is 3.41. The number of aryl methyl sites for hydroxylation is 1. The Bertz CT molecular complexity index is 1280. The Hall–Kier alpha value is -3.98. The van der Waals surface area contributed by atoms with E-state index < -0.39 is 0 Å². The predicted octanol–water partition coefficient (Wildman–Crippen LogP) is 4.08. The third kappa shape index (κ3) is 5.64. The average molecular weight is 461 g/mol. The summed E-state index contributed by atoms with van der Waals surface area (Å²) in [5.74, 6) is 0.281. The van der Waals surface area contributed by atoms with Gasteiger partial charge in [-0.15, -0.1) is 0 Å². The van der Waals surface area contributed by atoms with Crippen LogP contribution in [-0.2, 0) is 17.8 Å². The largest absolute Gasteiger partial charge is 0.465 e. The number of hydrogen-bond donors (Lipinski definition) is 2. The number of rotatable bonds is 7. The lowest BCUT2D eigenvalue weighted by atomic mass is 10.1. The minimum Gasteiger partial charge on any atom is -0.465 e. The molecule has 0 fully saturated rings. The highest BCUT2D eigenvalue weighted by atomic mass is 32.1. The Balaban J connectivity index is 1.35.